The van der Waals surface area contributed by atoms with E-state index < -0.39 is 15.4 Å². The SMILES string of the molecule is CCCC1(O)CCC2(CCN(c3ccc(S(=O)(=O)CC)cc3)C2)CC1. The molecule has 0 bridgehead atoms. The second-order valence-corrected chi connectivity index (χ2v) is 10.3. The average Bonchev–Trinajstić information content (AvgIpc) is 3.03. The average molecular weight is 366 g/mol. The molecule has 4 nitrogen and oxygen atoms in total. The van der Waals surface area contributed by atoms with Crippen LogP contribution in [0.3, 0.4) is 0 Å². The van der Waals surface area contributed by atoms with Gasteiger partial charge in [0.15, 0.2) is 9.84 Å². The first kappa shape index (κ1) is 18.7. The predicted molar refractivity (Wildman–Crippen MR) is 102 cm³/mol. The van der Waals surface area contributed by atoms with E-state index in [4.69, 9.17) is 0 Å². The molecule has 1 aromatic rings. The molecule has 1 aliphatic carbocycles. The molecule has 0 amide bonds. The molecule has 2 fully saturated rings. The molecule has 1 heterocycles. The Bertz CT molecular complexity index is 688. The van der Waals surface area contributed by atoms with Gasteiger partial charge in [-0.25, -0.2) is 8.42 Å². The maximum atomic E-state index is 12.0. The first-order valence-electron chi connectivity index (χ1n) is 9.62. The van der Waals surface area contributed by atoms with E-state index in [0.29, 0.717) is 10.3 Å². The maximum absolute atomic E-state index is 12.0. The van der Waals surface area contributed by atoms with Crippen molar-refractivity contribution in [1.82, 2.24) is 0 Å². The monoisotopic (exact) mass is 365 g/mol. The van der Waals surface area contributed by atoms with E-state index in [2.05, 4.69) is 11.8 Å². The largest absolute Gasteiger partial charge is 0.390 e. The summed E-state index contributed by atoms with van der Waals surface area (Å²) in [5, 5.41) is 10.7. The Balaban J connectivity index is 1.66. The number of benzene rings is 1. The van der Waals surface area contributed by atoms with Gasteiger partial charge in [0.2, 0.25) is 0 Å². The van der Waals surface area contributed by atoms with E-state index in [-0.39, 0.29) is 5.75 Å². The van der Waals surface area contributed by atoms with E-state index in [1.807, 2.05) is 12.1 Å². The van der Waals surface area contributed by atoms with E-state index in [9.17, 15) is 13.5 Å². The molecule has 2 aliphatic rings. The Labute approximate surface area is 152 Å². The van der Waals surface area contributed by atoms with E-state index in [1.165, 1.54) is 6.42 Å². The third-order valence-electron chi connectivity index (χ3n) is 6.34. The fourth-order valence-corrected chi connectivity index (χ4v) is 5.44. The van der Waals surface area contributed by atoms with E-state index >= 15 is 0 Å². The van der Waals surface area contributed by atoms with E-state index in [1.54, 1.807) is 19.1 Å². The van der Waals surface area contributed by atoms with Crippen molar-refractivity contribution in [1.29, 1.82) is 0 Å². The van der Waals surface area contributed by atoms with Crippen molar-refractivity contribution < 1.29 is 13.5 Å². The third-order valence-corrected chi connectivity index (χ3v) is 8.09. The Morgan fingerprint density at radius 2 is 1.68 bits per heavy atom. The zero-order chi connectivity index (χ0) is 18.1. The first-order chi connectivity index (χ1) is 11.8. The van der Waals surface area contributed by atoms with Crippen molar-refractivity contribution in [3.05, 3.63) is 24.3 Å². The van der Waals surface area contributed by atoms with Crippen LogP contribution in [0.15, 0.2) is 29.2 Å². The molecule has 140 valence electrons. The van der Waals surface area contributed by atoms with Gasteiger partial charge in [0.1, 0.15) is 0 Å². The molecule has 0 aromatic heterocycles. The summed E-state index contributed by atoms with van der Waals surface area (Å²) in [7, 11) is -3.13. The van der Waals surface area contributed by atoms with Gasteiger partial charge < -0.3 is 10.0 Å². The van der Waals surface area contributed by atoms with Crippen molar-refractivity contribution in [2.75, 3.05) is 23.7 Å². The number of aliphatic hydroxyl groups is 1. The molecule has 25 heavy (non-hydrogen) atoms. The lowest BCUT2D eigenvalue weighted by Crippen LogP contribution is -2.40. The molecule has 0 unspecified atom stereocenters. The van der Waals surface area contributed by atoms with Crippen LogP contribution < -0.4 is 4.90 Å². The van der Waals surface area contributed by atoms with Crippen molar-refractivity contribution in [3.8, 4) is 0 Å². The van der Waals surface area contributed by atoms with Crippen LogP contribution in [0.2, 0.25) is 0 Å². The van der Waals surface area contributed by atoms with Crippen LogP contribution in [0.4, 0.5) is 5.69 Å². The van der Waals surface area contributed by atoms with Crippen molar-refractivity contribution in [3.63, 3.8) is 0 Å². The zero-order valence-electron chi connectivity index (χ0n) is 15.5. The molecule has 1 aliphatic heterocycles. The van der Waals surface area contributed by atoms with Crippen LogP contribution in [0, 0.1) is 5.41 Å². The highest BCUT2D eigenvalue weighted by Crippen LogP contribution is 2.48. The number of sulfone groups is 1. The molecule has 5 heteroatoms. The fourth-order valence-electron chi connectivity index (χ4n) is 4.56. The zero-order valence-corrected chi connectivity index (χ0v) is 16.3. The number of hydrogen-bond acceptors (Lipinski definition) is 4. The maximum Gasteiger partial charge on any atom is 0.178 e. The van der Waals surface area contributed by atoms with Gasteiger partial charge in [-0.1, -0.05) is 20.3 Å². The molecular weight excluding hydrogens is 334 g/mol. The van der Waals surface area contributed by atoms with Gasteiger partial charge >= 0.3 is 0 Å². The molecule has 1 saturated carbocycles. The standard InChI is InChI=1S/C20H31NO3S/c1-3-9-20(22)12-10-19(11-13-20)14-15-21(16-19)17-5-7-18(8-6-17)25(23,24)4-2/h5-8,22H,3-4,9-16H2,1-2H3. The van der Waals surface area contributed by atoms with Crippen LogP contribution in [0.1, 0.15) is 58.8 Å². The van der Waals surface area contributed by atoms with Crippen molar-refractivity contribution in [2.45, 2.75) is 69.3 Å². The highest BCUT2D eigenvalue weighted by atomic mass is 32.2. The van der Waals surface area contributed by atoms with Crippen LogP contribution >= 0.6 is 0 Å². The molecule has 0 atom stereocenters. The second kappa shape index (κ2) is 6.92. The molecule has 1 saturated heterocycles. The summed E-state index contributed by atoms with van der Waals surface area (Å²) in [6.07, 6.45) is 7.17. The third kappa shape index (κ3) is 3.87. The van der Waals surface area contributed by atoms with Gasteiger partial charge in [-0.2, -0.15) is 0 Å². The van der Waals surface area contributed by atoms with Crippen molar-refractivity contribution in [2.24, 2.45) is 5.41 Å². The van der Waals surface area contributed by atoms with Crippen molar-refractivity contribution >= 4 is 15.5 Å². The Hall–Kier alpha value is -1.07. The van der Waals surface area contributed by atoms with Gasteiger partial charge in [0.05, 0.1) is 16.2 Å². The quantitative estimate of drug-likeness (QED) is 0.863. The van der Waals surface area contributed by atoms with Crippen LogP contribution in [-0.2, 0) is 9.84 Å². The summed E-state index contributed by atoms with van der Waals surface area (Å²) in [6, 6.07) is 7.36. The summed E-state index contributed by atoms with van der Waals surface area (Å²) < 4.78 is 23.9. The minimum atomic E-state index is -3.13. The van der Waals surface area contributed by atoms with Crippen LogP contribution in [0.25, 0.3) is 0 Å². The highest BCUT2D eigenvalue weighted by molar-refractivity contribution is 7.91. The molecule has 1 spiro atoms. The van der Waals surface area contributed by atoms with Gasteiger partial charge in [-0.15, -0.1) is 0 Å². The first-order valence-corrected chi connectivity index (χ1v) is 11.3. The Morgan fingerprint density at radius 1 is 1.04 bits per heavy atom. The number of anilines is 1. The van der Waals surface area contributed by atoms with Gasteiger partial charge in [-0.3, -0.25) is 0 Å². The van der Waals surface area contributed by atoms with Crippen LogP contribution in [-0.4, -0.2) is 38.0 Å². The number of nitrogens with zero attached hydrogens (tertiary/aromatic N) is 1. The fraction of sp³-hybridized carbons (Fsp3) is 0.700. The summed E-state index contributed by atoms with van der Waals surface area (Å²) in [4.78, 5) is 2.79. The summed E-state index contributed by atoms with van der Waals surface area (Å²) in [5.41, 5.74) is 0.999. The van der Waals surface area contributed by atoms with Gasteiger partial charge in [-0.05, 0) is 68.2 Å². The predicted octanol–water partition coefficient (Wildman–Crippen LogP) is 3.78. The lowest BCUT2D eigenvalue weighted by atomic mass is 9.67. The minimum Gasteiger partial charge on any atom is -0.390 e. The van der Waals surface area contributed by atoms with Gasteiger partial charge in [0, 0.05) is 18.8 Å². The van der Waals surface area contributed by atoms with E-state index in [0.717, 1.165) is 57.3 Å². The molecular formula is C20H31NO3S. The summed E-state index contributed by atoms with van der Waals surface area (Å²) in [5.74, 6) is 0.139. The highest BCUT2D eigenvalue weighted by Gasteiger charge is 2.44. The lowest BCUT2D eigenvalue weighted by molar-refractivity contribution is -0.0357. The smallest absolute Gasteiger partial charge is 0.178 e. The molecule has 1 aromatic carbocycles. The Kier molecular flexibility index (Phi) is 5.18. The second-order valence-electron chi connectivity index (χ2n) is 8.04. The minimum absolute atomic E-state index is 0.139. The normalized spacial score (nSPS) is 30.1. The topological polar surface area (TPSA) is 57.6 Å². The lowest BCUT2D eigenvalue weighted by Gasteiger charge is -2.42. The summed E-state index contributed by atoms with van der Waals surface area (Å²) in [6.45, 7) is 5.86. The number of rotatable bonds is 5. The summed E-state index contributed by atoms with van der Waals surface area (Å²) >= 11 is 0. The molecule has 0 radical (unpaired) electrons. The van der Waals surface area contributed by atoms with Crippen LogP contribution in [0.5, 0.6) is 0 Å². The Morgan fingerprint density at radius 3 is 2.24 bits per heavy atom. The molecule has 1 N–H and O–H groups in total. The molecule has 3 rings (SSSR count). The number of hydrogen-bond donors (Lipinski definition) is 1. The van der Waals surface area contributed by atoms with Gasteiger partial charge in [0.25, 0.3) is 0 Å².